The first-order chi connectivity index (χ1) is 7.30. The highest BCUT2D eigenvalue weighted by Crippen LogP contribution is 2.12. The van der Waals surface area contributed by atoms with E-state index in [1.807, 2.05) is 0 Å². The summed E-state index contributed by atoms with van der Waals surface area (Å²) in [5.74, 6) is 1.34. The summed E-state index contributed by atoms with van der Waals surface area (Å²) in [4.78, 5) is 8.05. The molecule has 1 aromatic heterocycles. The highest BCUT2D eigenvalue weighted by Gasteiger charge is 2.06. The second-order valence-electron chi connectivity index (χ2n) is 3.27. The number of nitrogens with one attached hydrogen (secondary N) is 1. The van der Waals surface area contributed by atoms with Crippen molar-refractivity contribution in [2.24, 2.45) is 5.73 Å². The smallest absolute Gasteiger partial charge is 0.218 e. The second-order valence-corrected chi connectivity index (χ2v) is 3.27. The van der Waals surface area contributed by atoms with Crippen molar-refractivity contribution in [2.75, 3.05) is 19.0 Å². The Balaban J connectivity index is 2.61. The molecule has 84 valence electrons. The van der Waals surface area contributed by atoms with Gasteiger partial charge in [-0.25, -0.2) is 9.97 Å². The number of anilines is 1. The van der Waals surface area contributed by atoms with E-state index in [9.17, 15) is 0 Å². The third kappa shape index (κ3) is 3.71. The minimum atomic E-state index is 0.356. The monoisotopic (exact) mass is 210 g/mol. The van der Waals surface area contributed by atoms with E-state index in [1.54, 1.807) is 13.2 Å². The standard InChI is InChI=1S/C10H18N4O/c1-3-8(4-5-11)14-9-6-10(15-2)13-7-12-9/h6-8H,3-5,11H2,1-2H3,(H,12,13,14). The Kier molecular flexibility index (Phi) is 4.83. The summed E-state index contributed by atoms with van der Waals surface area (Å²) < 4.78 is 5.01. The van der Waals surface area contributed by atoms with Gasteiger partial charge in [0.25, 0.3) is 0 Å². The van der Waals surface area contributed by atoms with Crippen LogP contribution in [0.15, 0.2) is 12.4 Å². The van der Waals surface area contributed by atoms with Gasteiger partial charge in [-0.15, -0.1) is 0 Å². The first-order valence-corrected chi connectivity index (χ1v) is 5.12. The third-order valence-corrected chi connectivity index (χ3v) is 2.21. The zero-order valence-corrected chi connectivity index (χ0v) is 9.23. The van der Waals surface area contributed by atoms with Crippen molar-refractivity contribution in [3.8, 4) is 5.88 Å². The zero-order chi connectivity index (χ0) is 11.1. The van der Waals surface area contributed by atoms with Gasteiger partial charge in [-0.05, 0) is 19.4 Å². The molecule has 1 rings (SSSR count). The van der Waals surface area contributed by atoms with Crippen LogP contribution >= 0.6 is 0 Å². The van der Waals surface area contributed by atoms with Gasteiger partial charge in [0, 0.05) is 12.1 Å². The van der Waals surface area contributed by atoms with Crippen molar-refractivity contribution in [1.82, 2.24) is 9.97 Å². The summed E-state index contributed by atoms with van der Waals surface area (Å²) in [5, 5.41) is 3.29. The van der Waals surface area contributed by atoms with Crippen LogP contribution in [-0.4, -0.2) is 29.7 Å². The number of hydrogen-bond acceptors (Lipinski definition) is 5. The normalized spacial score (nSPS) is 12.2. The number of methoxy groups -OCH3 is 1. The molecule has 1 aromatic rings. The molecular formula is C10H18N4O. The fourth-order valence-electron chi connectivity index (χ4n) is 1.32. The van der Waals surface area contributed by atoms with Crippen LogP contribution in [0.5, 0.6) is 5.88 Å². The van der Waals surface area contributed by atoms with E-state index in [-0.39, 0.29) is 0 Å². The Morgan fingerprint density at radius 2 is 2.33 bits per heavy atom. The van der Waals surface area contributed by atoms with E-state index >= 15 is 0 Å². The molecular weight excluding hydrogens is 192 g/mol. The molecule has 0 aliphatic carbocycles. The predicted molar refractivity (Wildman–Crippen MR) is 60.0 cm³/mol. The van der Waals surface area contributed by atoms with Gasteiger partial charge in [0.05, 0.1) is 7.11 Å². The topological polar surface area (TPSA) is 73.1 Å². The van der Waals surface area contributed by atoms with Crippen molar-refractivity contribution in [3.05, 3.63) is 12.4 Å². The first kappa shape index (κ1) is 11.7. The number of nitrogens with zero attached hydrogens (tertiary/aromatic N) is 2. The van der Waals surface area contributed by atoms with Gasteiger partial charge in [0.15, 0.2) is 0 Å². The molecule has 15 heavy (non-hydrogen) atoms. The summed E-state index contributed by atoms with van der Waals surface area (Å²) in [6.45, 7) is 2.79. The number of nitrogens with two attached hydrogens (primary N) is 1. The highest BCUT2D eigenvalue weighted by atomic mass is 16.5. The number of hydrogen-bond donors (Lipinski definition) is 2. The van der Waals surface area contributed by atoms with Crippen LogP contribution in [0.3, 0.4) is 0 Å². The molecule has 5 heteroatoms. The Morgan fingerprint density at radius 1 is 1.53 bits per heavy atom. The van der Waals surface area contributed by atoms with Gasteiger partial charge in [-0.1, -0.05) is 6.92 Å². The van der Waals surface area contributed by atoms with E-state index in [4.69, 9.17) is 10.5 Å². The second kappa shape index (κ2) is 6.19. The van der Waals surface area contributed by atoms with Crippen LogP contribution in [-0.2, 0) is 0 Å². The average molecular weight is 210 g/mol. The summed E-state index contributed by atoms with van der Waals surface area (Å²) >= 11 is 0. The Morgan fingerprint density at radius 3 is 2.93 bits per heavy atom. The predicted octanol–water partition coefficient (Wildman–Crippen LogP) is 1.02. The molecule has 1 atom stereocenters. The molecule has 1 heterocycles. The van der Waals surface area contributed by atoms with E-state index in [1.165, 1.54) is 6.33 Å². The zero-order valence-electron chi connectivity index (χ0n) is 9.23. The lowest BCUT2D eigenvalue weighted by atomic mass is 10.1. The molecule has 1 unspecified atom stereocenters. The molecule has 0 aliphatic heterocycles. The summed E-state index contributed by atoms with van der Waals surface area (Å²) in [6, 6.07) is 2.13. The number of ether oxygens (including phenoxy) is 1. The summed E-state index contributed by atoms with van der Waals surface area (Å²) in [6.07, 6.45) is 3.43. The van der Waals surface area contributed by atoms with Crippen LogP contribution in [0.1, 0.15) is 19.8 Å². The van der Waals surface area contributed by atoms with Gasteiger partial charge in [-0.2, -0.15) is 0 Å². The van der Waals surface area contributed by atoms with E-state index in [0.717, 1.165) is 18.7 Å². The molecule has 0 amide bonds. The molecule has 3 N–H and O–H groups in total. The Labute approximate surface area is 90.1 Å². The van der Waals surface area contributed by atoms with Crippen LogP contribution in [0, 0.1) is 0 Å². The largest absolute Gasteiger partial charge is 0.481 e. The first-order valence-electron chi connectivity index (χ1n) is 5.12. The van der Waals surface area contributed by atoms with E-state index < -0.39 is 0 Å². The van der Waals surface area contributed by atoms with Crippen molar-refractivity contribution in [3.63, 3.8) is 0 Å². The van der Waals surface area contributed by atoms with Gasteiger partial charge >= 0.3 is 0 Å². The maximum atomic E-state index is 5.52. The molecule has 0 bridgehead atoms. The molecule has 0 saturated heterocycles. The molecule has 0 aromatic carbocycles. The fraction of sp³-hybridized carbons (Fsp3) is 0.600. The summed E-state index contributed by atoms with van der Waals surface area (Å²) in [5.41, 5.74) is 5.52. The van der Waals surface area contributed by atoms with Crippen LogP contribution in [0.4, 0.5) is 5.82 Å². The van der Waals surface area contributed by atoms with Crippen molar-refractivity contribution in [2.45, 2.75) is 25.8 Å². The number of aromatic nitrogens is 2. The molecule has 0 spiro atoms. The van der Waals surface area contributed by atoms with E-state index in [0.29, 0.717) is 18.5 Å². The van der Waals surface area contributed by atoms with Crippen molar-refractivity contribution >= 4 is 5.82 Å². The van der Waals surface area contributed by atoms with Gasteiger partial charge in [0.2, 0.25) is 5.88 Å². The lowest BCUT2D eigenvalue weighted by Gasteiger charge is -2.16. The van der Waals surface area contributed by atoms with E-state index in [2.05, 4.69) is 22.2 Å². The number of rotatable bonds is 6. The van der Waals surface area contributed by atoms with Gasteiger partial charge in [0.1, 0.15) is 12.1 Å². The quantitative estimate of drug-likeness (QED) is 0.733. The molecule has 0 radical (unpaired) electrons. The fourth-order valence-corrected chi connectivity index (χ4v) is 1.32. The highest BCUT2D eigenvalue weighted by molar-refractivity contribution is 5.37. The maximum Gasteiger partial charge on any atom is 0.218 e. The molecule has 5 nitrogen and oxygen atoms in total. The summed E-state index contributed by atoms with van der Waals surface area (Å²) in [7, 11) is 1.59. The molecule has 0 fully saturated rings. The van der Waals surface area contributed by atoms with Crippen LogP contribution in [0.25, 0.3) is 0 Å². The third-order valence-electron chi connectivity index (χ3n) is 2.21. The van der Waals surface area contributed by atoms with Crippen LogP contribution < -0.4 is 15.8 Å². The maximum absolute atomic E-state index is 5.52. The SMILES string of the molecule is CCC(CCN)Nc1cc(OC)ncn1. The lowest BCUT2D eigenvalue weighted by Crippen LogP contribution is -2.22. The lowest BCUT2D eigenvalue weighted by molar-refractivity contribution is 0.397. The van der Waals surface area contributed by atoms with Gasteiger partial charge in [-0.3, -0.25) is 0 Å². The minimum absolute atomic E-state index is 0.356. The Bertz CT molecular complexity index is 293. The van der Waals surface area contributed by atoms with Crippen LogP contribution in [0.2, 0.25) is 0 Å². The van der Waals surface area contributed by atoms with Gasteiger partial charge < -0.3 is 15.8 Å². The van der Waals surface area contributed by atoms with Crippen molar-refractivity contribution in [1.29, 1.82) is 0 Å². The minimum Gasteiger partial charge on any atom is -0.481 e. The molecule has 0 aliphatic rings. The van der Waals surface area contributed by atoms with Crippen molar-refractivity contribution < 1.29 is 4.74 Å². The Hall–Kier alpha value is -1.36. The average Bonchev–Trinajstić information content (AvgIpc) is 2.29. The molecule has 0 saturated carbocycles.